The average Bonchev–Trinajstić information content (AvgIpc) is 2.73. The number of hydrogen-bond acceptors (Lipinski definition) is 3. The Hall–Kier alpha value is -1.42. The number of benzene rings is 1. The van der Waals surface area contributed by atoms with Crippen LogP contribution in [0.15, 0.2) is 24.3 Å². The summed E-state index contributed by atoms with van der Waals surface area (Å²) in [6.07, 6.45) is 0. The van der Waals surface area contributed by atoms with E-state index in [-0.39, 0.29) is 23.6 Å². The summed E-state index contributed by atoms with van der Waals surface area (Å²) in [6.45, 7) is 3.70. The summed E-state index contributed by atoms with van der Waals surface area (Å²) in [5.74, 6) is -0.468. The van der Waals surface area contributed by atoms with Crippen molar-refractivity contribution in [3.63, 3.8) is 0 Å². The normalized spacial score (nSPS) is 24.2. The fourth-order valence-corrected chi connectivity index (χ4v) is 2.54. The molecule has 98 valence electrons. The van der Waals surface area contributed by atoms with Crippen LogP contribution in [0.4, 0.5) is 4.39 Å². The Morgan fingerprint density at radius 3 is 2.67 bits per heavy atom. The second-order valence-electron chi connectivity index (χ2n) is 4.74. The van der Waals surface area contributed by atoms with Crippen molar-refractivity contribution in [2.45, 2.75) is 12.8 Å². The van der Waals surface area contributed by atoms with E-state index in [2.05, 4.69) is 4.90 Å². The lowest BCUT2D eigenvalue weighted by atomic mass is 9.89. The van der Waals surface area contributed by atoms with Crippen LogP contribution < -0.4 is 0 Å². The average molecular weight is 251 g/mol. The summed E-state index contributed by atoms with van der Waals surface area (Å²) >= 11 is 0. The van der Waals surface area contributed by atoms with E-state index in [0.29, 0.717) is 13.2 Å². The molecular weight excluding hydrogens is 233 g/mol. The number of likely N-dealkylation sites (N-methyl/N-ethyl adjacent to an activating group) is 1. The summed E-state index contributed by atoms with van der Waals surface area (Å²) in [7, 11) is 1.98. The SMILES string of the molecule is CCOC(=O)C1CN(C)CC1c1ccc(F)cc1. The van der Waals surface area contributed by atoms with Gasteiger partial charge in [0.15, 0.2) is 0 Å². The highest BCUT2D eigenvalue weighted by atomic mass is 19.1. The predicted octanol–water partition coefficient (Wildman–Crippen LogP) is 2.03. The van der Waals surface area contributed by atoms with Gasteiger partial charge in [-0.2, -0.15) is 0 Å². The quantitative estimate of drug-likeness (QED) is 0.770. The third kappa shape index (κ3) is 2.70. The van der Waals surface area contributed by atoms with Crippen molar-refractivity contribution in [1.82, 2.24) is 4.90 Å². The summed E-state index contributed by atoms with van der Waals surface area (Å²) in [5.41, 5.74) is 0.999. The minimum atomic E-state index is -0.252. The molecule has 0 amide bonds. The van der Waals surface area contributed by atoms with E-state index in [1.165, 1.54) is 12.1 Å². The molecule has 18 heavy (non-hydrogen) atoms. The lowest BCUT2D eigenvalue weighted by Crippen LogP contribution is -2.24. The first-order chi connectivity index (χ1) is 8.61. The maximum absolute atomic E-state index is 12.9. The second-order valence-corrected chi connectivity index (χ2v) is 4.74. The van der Waals surface area contributed by atoms with Crippen LogP contribution in [-0.2, 0) is 9.53 Å². The molecule has 1 aliphatic rings. The predicted molar refractivity (Wildman–Crippen MR) is 66.8 cm³/mol. The molecule has 0 bridgehead atoms. The van der Waals surface area contributed by atoms with Gasteiger partial charge in [-0.1, -0.05) is 12.1 Å². The van der Waals surface area contributed by atoms with Gasteiger partial charge in [-0.05, 0) is 31.7 Å². The van der Waals surface area contributed by atoms with E-state index in [4.69, 9.17) is 4.74 Å². The Balaban J connectivity index is 2.19. The molecule has 0 aliphatic carbocycles. The summed E-state index contributed by atoms with van der Waals surface area (Å²) in [6, 6.07) is 6.39. The number of ether oxygens (including phenoxy) is 1. The molecule has 1 heterocycles. The van der Waals surface area contributed by atoms with E-state index < -0.39 is 0 Å². The maximum atomic E-state index is 12.9. The first-order valence-electron chi connectivity index (χ1n) is 6.22. The minimum Gasteiger partial charge on any atom is -0.466 e. The number of carbonyl (C=O) groups is 1. The van der Waals surface area contributed by atoms with Gasteiger partial charge in [-0.3, -0.25) is 4.79 Å². The maximum Gasteiger partial charge on any atom is 0.310 e. The monoisotopic (exact) mass is 251 g/mol. The van der Waals surface area contributed by atoms with Crippen molar-refractivity contribution in [3.05, 3.63) is 35.6 Å². The Bertz CT molecular complexity index is 418. The number of halogens is 1. The van der Waals surface area contributed by atoms with Gasteiger partial charge in [0.25, 0.3) is 0 Å². The number of hydrogen-bond donors (Lipinski definition) is 0. The summed E-state index contributed by atoms with van der Waals surface area (Å²) in [5, 5.41) is 0. The zero-order chi connectivity index (χ0) is 13.1. The molecule has 0 radical (unpaired) electrons. The molecule has 1 aromatic carbocycles. The van der Waals surface area contributed by atoms with Crippen molar-refractivity contribution in [1.29, 1.82) is 0 Å². The van der Waals surface area contributed by atoms with Gasteiger partial charge < -0.3 is 9.64 Å². The van der Waals surface area contributed by atoms with Crippen LogP contribution in [0.25, 0.3) is 0 Å². The van der Waals surface area contributed by atoms with Crippen molar-refractivity contribution in [3.8, 4) is 0 Å². The molecule has 0 aromatic heterocycles. The van der Waals surface area contributed by atoms with Crippen LogP contribution in [-0.4, -0.2) is 37.6 Å². The van der Waals surface area contributed by atoms with Gasteiger partial charge in [-0.25, -0.2) is 4.39 Å². The zero-order valence-corrected chi connectivity index (χ0v) is 10.7. The number of nitrogens with zero attached hydrogens (tertiary/aromatic N) is 1. The van der Waals surface area contributed by atoms with Gasteiger partial charge in [-0.15, -0.1) is 0 Å². The van der Waals surface area contributed by atoms with Crippen LogP contribution >= 0.6 is 0 Å². The van der Waals surface area contributed by atoms with Gasteiger partial charge in [0, 0.05) is 19.0 Å². The third-order valence-corrected chi connectivity index (χ3v) is 3.39. The van der Waals surface area contributed by atoms with Crippen LogP contribution in [0.5, 0.6) is 0 Å². The lowest BCUT2D eigenvalue weighted by molar-refractivity contribution is -0.147. The van der Waals surface area contributed by atoms with E-state index in [1.54, 1.807) is 12.1 Å². The Morgan fingerprint density at radius 1 is 1.39 bits per heavy atom. The van der Waals surface area contributed by atoms with Crippen molar-refractivity contribution < 1.29 is 13.9 Å². The van der Waals surface area contributed by atoms with Crippen molar-refractivity contribution >= 4 is 5.97 Å². The molecule has 2 rings (SSSR count). The van der Waals surface area contributed by atoms with E-state index >= 15 is 0 Å². The molecular formula is C14H18FNO2. The number of carbonyl (C=O) groups excluding carboxylic acids is 1. The van der Waals surface area contributed by atoms with Crippen LogP contribution in [0.3, 0.4) is 0 Å². The molecule has 3 nitrogen and oxygen atoms in total. The fraction of sp³-hybridized carbons (Fsp3) is 0.500. The molecule has 1 saturated heterocycles. The molecule has 0 spiro atoms. The highest BCUT2D eigenvalue weighted by Crippen LogP contribution is 2.32. The lowest BCUT2D eigenvalue weighted by Gasteiger charge is -2.17. The largest absolute Gasteiger partial charge is 0.466 e. The molecule has 1 aliphatic heterocycles. The van der Waals surface area contributed by atoms with Gasteiger partial charge >= 0.3 is 5.97 Å². The molecule has 2 unspecified atom stereocenters. The first kappa shape index (κ1) is 13.0. The molecule has 0 saturated carbocycles. The number of likely N-dealkylation sites (tertiary alicyclic amines) is 1. The Morgan fingerprint density at radius 2 is 2.06 bits per heavy atom. The molecule has 4 heteroatoms. The topological polar surface area (TPSA) is 29.5 Å². The Labute approximate surface area is 107 Å². The number of rotatable bonds is 3. The first-order valence-corrected chi connectivity index (χ1v) is 6.22. The van der Waals surface area contributed by atoms with Crippen molar-refractivity contribution in [2.75, 3.05) is 26.7 Å². The van der Waals surface area contributed by atoms with Gasteiger partial charge in [0.05, 0.1) is 12.5 Å². The zero-order valence-electron chi connectivity index (χ0n) is 10.7. The summed E-state index contributed by atoms with van der Waals surface area (Å²) < 4.78 is 18.0. The van der Waals surface area contributed by atoms with E-state index in [0.717, 1.165) is 12.1 Å². The highest BCUT2D eigenvalue weighted by Gasteiger charge is 2.37. The third-order valence-electron chi connectivity index (χ3n) is 3.39. The minimum absolute atomic E-state index is 0.0923. The Kier molecular flexibility index (Phi) is 3.97. The molecule has 0 N–H and O–H groups in total. The van der Waals surface area contributed by atoms with Gasteiger partial charge in [0.2, 0.25) is 0 Å². The standard InChI is InChI=1S/C14H18FNO2/c1-3-18-14(17)13-9-16(2)8-12(13)10-4-6-11(15)7-5-10/h4-7,12-13H,3,8-9H2,1-2H3. The fourth-order valence-electron chi connectivity index (χ4n) is 2.54. The van der Waals surface area contributed by atoms with E-state index in [1.807, 2.05) is 14.0 Å². The van der Waals surface area contributed by atoms with E-state index in [9.17, 15) is 9.18 Å². The molecule has 2 atom stereocenters. The van der Waals surface area contributed by atoms with Crippen molar-refractivity contribution in [2.24, 2.45) is 5.92 Å². The van der Waals surface area contributed by atoms with Crippen LogP contribution in [0.2, 0.25) is 0 Å². The smallest absolute Gasteiger partial charge is 0.310 e. The molecule has 1 aromatic rings. The highest BCUT2D eigenvalue weighted by molar-refractivity contribution is 5.74. The number of esters is 1. The molecule has 1 fully saturated rings. The van der Waals surface area contributed by atoms with Crippen LogP contribution in [0.1, 0.15) is 18.4 Å². The summed E-state index contributed by atoms with van der Waals surface area (Å²) in [4.78, 5) is 14.0. The van der Waals surface area contributed by atoms with Gasteiger partial charge in [0.1, 0.15) is 5.82 Å². The second kappa shape index (κ2) is 5.48. The van der Waals surface area contributed by atoms with Crippen LogP contribution in [0, 0.1) is 11.7 Å².